The maximum atomic E-state index is 12.7. The van der Waals surface area contributed by atoms with E-state index in [1.54, 1.807) is 6.07 Å². The monoisotopic (exact) mass is 395 g/mol. The van der Waals surface area contributed by atoms with Crippen LogP contribution < -0.4 is 5.32 Å². The minimum Gasteiger partial charge on any atom is -0.508 e. The van der Waals surface area contributed by atoms with Gasteiger partial charge in [0.25, 0.3) is 5.91 Å². The van der Waals surface area contributed by atoms with Crippen molar-refractivity contribution < 1.29 is 9.90 Å². The third-order valence-corrected chi connectivity index (χ3v) is 5.85. The van der Waals surface area contributed by atoms with Crippen molar-refractivity contribution in [3.8, 4) is 5.75 Å². The normalized spacial score (nSPS) is 21.0. The average molecular weight is 396 g/mol. The summed E-state index contributed by atoms with van der Waals surface area (Å²) in [5.74, 6) is 0.344. The molecule has 2 N–H and O–H groups in total. The van der Waals surface area contributed by atoms with Crippen molar-refractivity contribution in [3.63, 3.8) is 0 Å². The van der Waals surface area contributed by atoms with Crippen LogP contribution in [-0.4, -0.2) is 59.1 Å². The molecule has 2 aromatic carbocycles. The van der Waals surface area contributed by atoms with Gasteiger partial charge in [0.1, 0.15) is 5.75 Å². The van der Waals surface area contributed by atoms with E-state index in [1.165, 1.54) is 0 Å². The SMILES string of the molecule is CCN(CC)C(=O)c1ccc([C@H](c2cccc(O)c2)N2C[C@H](C)NC[C@H]2C)cc1. The molecule has 0 unspecified atom stereocenters. The molecule has 1 saturated heterocycles. The van der Waals surface area contributed by atoms with Crippen molar-refractivity contribution in [1.29, 1.82) is 0 Å². The third kappa shape index (κ3) is 4.80. The van der Waals surface area contributed by atoms with Crippen LogP contribution in [0.2, 0.25) is 0 Å². The highest BCUT2D eigenvalue weighted by atomic mass is 16.3. The molecular weight excluding hydrogens is 362 g/mol. The smallest absolute Gasteiger partial charge is 0.253 e. The number of benzene rings is 2. The lowest BCUT2D eigenvalue weighted by molar-refractivity contribution is 0.0773. The van der Waals surface area contributed by atoms with Crippen LogP contribution in [0.3, 0.4) is 0 Å². The first-order valence-electron chi connectivity index (χ1n) is 10.6. The molecule has 5 heteroatoms. The molecule has 0 spiro atoms. The topological polar surface area (TPSA) is 55.8 Å². The zero-order chi connectivity index (χ0) is 21.0. The largest absolute Gasteiger partial charge is 0.508 e. The number of hydrogen-bond acceptors (Lipinski definition) is 4. The second-order valence-electron chi connectivity index (χ2n) is 7.95. The van der Waals surface area contributed by atoms with Gasteiger partial charge in [-0.15, -0.1) is 0 Å². The molecular formula is C24H33N3O2. The van der Waals surface area contributed by atoms with E-state index < -0.39 is 0 Å². The molecule has 5 nitrogen and oxygen atoms in total. The molecule has 156 valence electrons. The van der Waals surface area contributed by atoms with Gasteiger partial charge < -0.3 is 15.3 Å². The maximum absolute atomic E-state index is 12.7. The standard InChI is InChI=1S/C24H33N3O2/c1-5-26(6-2)24(29)20-12-10-19(11-13-20)23(21-8-7-9-22(28)14-21)27-16-17(3)25-15-18(27)4/h7-14,17-18,23,25,28H,5-6,15-16H2,1-4H3/t17-,18+,23+/m0/s1. The first kappa shape index (κ1) is 21.3. The van der Waals surface area contributed by atoms with Gasteiger partial charge in [-0.2, -0.15) is 0 Å². The summed E-state index contributed by atoms with van der Waals surface area (Å²) >= 11 is 0. The highest BCUT2D eigenvalue weighted by molar-refractivity contribution is 5.94. The van der Waals surface area contributed by atoms with Gasteiger partial charge in [-0.1, -0.05) is 24.3 Å². The fourth-order valence-corrected chi connectivity index (χ4v) is 4.18. The average Bonchev–Trinajstić information content (AvgIpc) is 2.72. The van der Waals surface area contributed by atoms with E-state index in [0.29, 0.717) is 30.7 Å². The van der Waals surface area contributed by atoms with Crippen LogP contribution in [0.15, 0.2) is 48.5 Å². The van der Waals surface area contributed by atoms with Crippen molar-refractivity contribution in [3.05, 3.63) is 65.2 Å². The molecule has 3 atom stereocenters. The molecule has 0 aromatic heterocycles. The molecule has 1 aliphatic heterocycles. The maximum Gasteiger partial charge on any atom is 0.253 e. The Hall–Kier alpha value is -2.37. The van der Waals surface area contributed by atoms with Crippen molar-refractivity contribution in [2.24, 2.45) is 0 Å². The second kappa shape index (κ2) is 9.42. The first-order chi connectivity index (χ1) is 13.9. The van der Waals surface area contributed by atoms with Crippen LogP contribution in [0.5, 0.6) is 5.75 Å². The van der Waals surface area contributed by atoms with Gasteiger partial charge in [0, 0.05) is 43.8 Å². The molecule has 2 aromatic rings. The number of phenols is 1. The van der Waals surface area contributed by atoms with Crippen molar-refractivity contribution in [2.45, 2.75) is 45.8 Å². The number of aromatic hydroxyl groups is 1. The number of hydrogen-bond donors (Lipinski definition) is 2. The fourth-order valence-electron chi connectivity index (χ4n) is 4.18. The summed E-state index contributed by atoms with van der Waals surface area (Å²) in [6.07, 6.45) is 0. The Bertz CT molecular complexity index is 817. The Labute approximate surface area is 174 Å². The highest BCUT2D eigenvalue weighted by Gasteiger charge is 2.31. The number of carbonyl (C=O) groups excluding carboxylic acids is 1. The summed E-state index contributed by atoms with van der Waals surface area (Å²) in [4.78, 5) is 17.0. The molecule has 29 heavy (non-hydrogen) atoms. The van der Waals surface area contributed by atoms with Gasteiger partial charge in [0.15, 0.2) is 0 Å². The van der Waals surface area contributed by atoms with E-state index in [2.05, 4.69) is 42.3 Å². The van der Waals surface area contributed by atoms with Gasteiger partial charge in [0.05, 0.1) is 6.04 Å². The molecule has 1 amide bonds. The van der Waals surface area contributed by atoms with E-state index in [9.17, 15) is 9.90 Å². The Morgan fingerprint density at radius 3 is 2.45 bits per heavy atom. The zero-order valence-electron chi connectivity index (χ0n) is 17.9. The number of piperazine rings is 1. The summed E-state index contributed by atoms with van der Waals surface area (Å²) in [5, 5.41) is 13.6. The van der Waals surface area contributed by atoms with Gasteiger partial charge in [0.2, 0.25) is 0 Å². The molecule has 0 radical (unpaired) electrons. The predicted octanol–water partition coefficient (Wildman–Crippen LogP) is 3.65. The molecule has 1 heterocycles. The zero-order valence-corrected chi connectivity index (χ0v) is 17.9. The third-order valence-electron chi connectivity index (χ3n) is 5.85. The number of carbonyl (C=O) groups is 1. The number of nitrogens with one attached hydrogen (secondary N) is 1. The van der Waals surface area contributed by atoms with Crippen molar-refractivity contribution in [1.82, 2.24) is 15.1 Å². The summed E-state index contributed by atoms with van der Waals surface area (Å²) in [6.45, 7) is 11.7. The van der Waals surface area contributed by atoms with Crippen molar-refractivity contribution >= 4 is 5.91 Å². The molecule has 3 rings (SSSR count). The number of amides is 1. The summed E-state index contributed by atoms with van der Waals surface area (Å²) in [5.41, 5.74) is 2.91. The van der Waals surface area contributed by atoms with Crippen LogP contribution in [0.25, 0.3) is 0 Å². The van der Waals surface area contributed by atoms with E-state index in [1.807, 2.05) is 43.0 Å². The lowest BCUT2D eigenvalue weighted by Crippen LogP contribution is -2.55. The molecule has 0 saturated carbocycles. The van der Waals surface area contributed by atoms with E-state index in [0.717, 1.165) is 24.2 Å². The Morgan fingerprint density at radius 2 is 1.83 bits per heavy atom. The van der Waals surface area contributed by atoms with E-state index in [4.69, 9.17) is 0 Å². The molecule has 0 aliphatic carbocycles. The first-order valence-corrected chi connectivity index (χ1v) is 10.6. The Balaban J connectivity index is 1.97. The van der Waals surface area contributed by atoms with Crippen molar-refractivity contribution in [2.75, 3.05) is 26.2 Å². The van der Waals surface area contributed by atoms with Gasteiger partial charge in [-0.25, -0.2) is 0 Å². The highest BCUT2D eigenvalue weighted by Crippen LogP contribution is 2.33. The number of phenolic OH excluding ortho intramolecular Hbond substituents is 1. The number of rotatable bonds is 6. The minimum atomic E-state index is 0.0271. The van der Waals surface area contributed by atoms with Gasteiger partial charge in [-0.05, 0) is 63.1 Å². The lowest BCUT2D eigenvalue weighted by atomic mass is 9.93. The minimum absolute atomic E-state index is 0.0271. The Kier molecular flexibility index (Phi) is 6.93. The van der Waals surface area contributed by atoms with Crippen LogP contribution in [0.1, 0.15) is 55.2 Å². The number of nitrogens with zero attached hydrogens (tertiary/aromatic N) is 2. The molecule has 1 aliphatic rings. The van der Waals surface area contributed by atoms with Gasteiger partial charge >= 0.3 is 0 Å². The van der Waals surface area contributed by atoms with Crippen LogP contribution >= 0.6 is 0 Å². The van der Waals surface area contributed by atoms with E-state index >= 15 is 0 Å². The fraction of sp³-hybridized carbons (Fsp3) is 0.458. The molecule has 0 bridgehead atoms. The summed E-state index contributed by atoms with van der Waals surface area (Å²) < 4.78 is 0. The van der Waals surface area contributed by atoms with Crippen LogP contribution in [-0.2, 0) is 0 Å². The Morgan fingerprint density at radius 1 is 1.14 bits per heavy atom. The lowest BCUT2D eigenvalue weighted by Gasteiger charge is -2.43. The summed E-state index contributed by atoms with van der Waals surface area (Å²) in [7, 11) is 0. The molecule has 1 fully saturated rings. The van der Waals surface area contributed by atoms with E-state index in [-0.39, 0.29) is 17.7 Å². The predicted molar refractivity (Wildman–Crippen MR) is 117 cm³/mol. The van der Waals surface area contributed by atoms with Crippen LogP contribution in [0.4, 0.5) is 0 Å². The second-order valence-corrected chi connectivity index (χ2v) is 7.95. The summed E-state index contributed by atoms with van der Waals surface area (Å²) in [6, 6.07) is 16.3. The van der Waals surface area contributed by atoms with Crippen LogP contribution in [0, 0.1) is 0 Å². The van der Waals surface area contributed by atoms with Gasteiger partial charge in [-0.3, -0.25) is 9.69 Å². The quantitative estimate of drug-likeness (QED) is 0.784.